The molecule has 0 saturated carbocycles. The number of fused-ring (bicyclic) bond motifs is 1. The quantitative estimate of drug-likeness (QED) is 0.332. The molecule has 1 aliphatic rings. The molecule has 3 heterocycles. The van der Waals surface area contributed by atoms with Crippen molar-refractivity contribution in [1.82, 2.24) is 24.6 Å². The first-order valence-corrected chi connectivity index (χ1v) is 13.4. The average molecular weight is 562 g/mol. The summed E-state index contributed by atoms with van der Waals surface area (Å²) in [5, 5.41) is 8.06. The number of aryl methyl sites for hydroxylation is 2. The number of nitrogens with two attached hydrogens (primary N) is 1. The fraction of sp³-hybridized carbons (Fsp3) is 0.333. The van der Waals surface area contributed by atoms with E-state index in [9.17, 15) is 18.0 Å². The second-order valence-electron chi connectivity index (χ2n) is 10.2. The van der Waals surface area contributed by atoms with Gasteiger partial charge in [-0.1, -0.05) is 25.0 Å². The number of hydrogen-bond acceptors (Lipinski definition) is 6. The van der Waals surface area contributed by atoms with Gasteiger partial charge in [0.2, 0.25) is 0 Å². The first kappa shape index (κ1) is 28.1. The van der Waals surface area contributed by atoms with Crippen molar-refractivity contribution < 1.29 is 18.0 Å². The first-order chi connectivity index (χ1) is 19.5. The number of carbonyl (C=O) groups is 1. The van der Waals surface area contributed by atoms with Crippen LogP contribution in [0.4, 0.5) is 24.7 Å². The van der Waals surface area contributed by atoms with Gasteiger partial charge in [-0.05, 0) is 87.6 Å². The normalized spacial score (nSPS) is 14.6. The summed E-state index contributed by atoms with van der Waals surface area (Å²) in [5.41, 5.74) is 8.44. The van der Waals surface area contributed by atoms with Crippen molar-refractivity contribution >= 4 is 28.4 Å². The molecule has 0 bridgehead atoms. The molecule has 0 spiro atoms. The number of likely N-dealkylation sites (tertiary alicyclic amines) is 1. The molecule has 1 amide bonds. The Kier molecular flexibility index (Phi) is 7.69. The Bertz CT molecular complexity index is 1680. The van der Waals surface area contributed by atoms with Gasteiger partial charge in [-0.25, -0.2) is 14.6 Å². The molecule has 11 heteroatoms. The minimum atomic E-state index is -4.55. The Balaban J connectivity index is 1.44. The lowest BCUT2D eigenvalue weighted by molar-refractivity contribution is -0.138. The van der Waals surface area contributed by atoms with E-state index in [2.05, 4.69) is 39.1 Å². The van der Waals surface area contributed by atoms with Crippen molar-refractivity contribution in [3.05, 3.63) is 76.2 Å². The van der Waals surface area contributed by atoms with Crippen LogP contribution in [-0.4, -0.2) is 50.7 Å². The van der Waals surface area contributed by atoms with Gasteiger partial charge in [-0.2, -0.15) is 18.3 Å². The standard InChI is InChI=1S/C30H30F3N7O/c1-4-19-6-7-21(16-24(19)30(31,32)33)29(41)37-22-9-5-18(2)20(15-22)8-10-25-26-27(34)35-17-36-28(26)40(38-25)23-11-13-39(3)14-12-23/h5-7,9,15-17,23H,4,11-14H2,1-3H3,(H,37,41)(H2,34,35,36). The number of nitrogens with one attached hydrogen (secondary N) is 1. The van der Waals surface area contributed by atoms with Gasteiger partial charge in [-0.15, -0.1) is 0 Å². The molecular weight excluding hydrogens is 531 g/mol. The molecule has 1 fully saturated rings. The number of aromatic nitrogens is 4. The SMILES string of the molecule is CCc1ccc(C(=O)Nc2ccc(C)c(C#Cc3nn(C4CCN(C)CC4)c4ncnc(N)c34)c2)cc1C(F)(F)F. The van der Waals surface area contributed by atoms with Crippen molar-refractivity contribution in [2.45, 2.75) is 45.3 Å². The van der Waals surface area contributed by atoms with Gasteiger partial charge in [0.1, 0.15) is 17.8 Å². The largest absolute Gasteiger partial charge is 0.416 e. The number of piperidine rings is 1. The molecule has 3 N–H and O–H groups in total. The predicted molar refractivity (Wildman–Crippen MR) is 151 cm³/mol. The van der Waals surface area contributed by atoms with Crippen LogP contribution in [0.25, 0.3) is 11.0 Å². The average Bonchev–Trinajstić information content (AvgIpc) is 3.32. The Morgan fingerprint density at radius 2 is 1.88 bits per heavy atom. The zero-order valence-corrected chi connectivity index (χ0v) is 23.0. The third-order valence-corrected chi connectivity index (χ3v) is 7.42. The van der Waals surface area contributed by atoms with Gasteiger partial charge < -0.3 is 16.0 Å². The smallest absolute Gasteiger partial charge is 0.383 e. The molecule has 4 aromatic rings. The Morgan fingerprint density at radius 3 is 2.59 bits per heavy atom. The van der Waals surface area contributed by atoms with E-state index in [-0.39, 0.29) is 23.6 Å². The monoisotopic (exact) mass is 561 g/mol. The summed E-state index contributed by atoms with van der Waals surface area (Å²) < 4.78 is 42.4. The summed E-state index contributed by atoms with van der Waals surface area (Å²) in [7, 11) is 2.09. The zero-order chi connectivity index (χ0) is 29.3. The lowest BCUT2D eigenvalue weighted by Gasteiger charge is -2.29. The van der Waals surface area contributed by atoms with Crippen LogP contribution in [0, 0.1) is 18.8 Å². The number of nitrogens with zero attached hydrogens (tertiary/aromatic N) is 5. The lowest BCUT2D eigenvalue weighted by Crippen LogP contribution is -2.32. The second kappa shape index (κ2) is 11.2. The van der Waals surface area contributed by atoms with E-state index < -0.39 is 17.6 Å². The van der Waals surface area contributed by atoms with Crippen LogP contribution >= 0.6 is 0 Å². The molecule has 1 aliphatic heterocycles. The highest BCUT2D eigenvalue weighted by atomic mass is 19.4. The summed E-state index contributed by atoms with van der Waals surface area (Å²) in [6.45, 7) is 5.42. The van der Waals surface area contributed by atoms with Crippen molar-refractivity contribution in [2.24, 2.45) is 0 Å². The molecule has 0 radical (unpaired) electrons. The first-order valence-electron chi connectivity index (χ1n) is 13.4. The van der Waals surface area contributed by atoms with Crippen LogP contribution in [0.15, 0.2) is 42.7 Å². The van der Waals surface area contributed by atoms with Crippen LogP contribution in [0.3, 0.4) is 0 Å². The molecule has 1 saturated heterocycles. The molecule has 2 aromatic carbocycles. The third kappa shape index (κ3) is 5.88. The maximum atomic E-state index is 13.5. The fourth-order valence-corrected chi connectivity index (χ4v) is 5.03. The number of hydrogen-bond donors (Lipinski definition) is 2. The predicted octanol–water partition coefficient (Wildman–Crippen LogP) is 5.22. The highest BCUT2D eigenvalue weighted by Gasteiger charge is 2.33. The Morgan fingerprint density at radius 1 is 1.12 bits per heavy atom. The van der Waals surface area contributed by atoms with Gasteiger partial charge in [0.05, 0.1) is 17.0 Å². The van der Waals surface area contributed by atoms with Crippen molar-refractivity contribution in [3.8, 4) is 11.8 Å². The molecule has 0 aliphatic carbocycles. The number of carbonyl (C=O) groups excluding carboxylic acids is 1. The molecule has 212 valence electrons. The molecule has 0 atom stereocenters. The summed E-state index contributed by atoms with van der Waals surface area (Å²) in [4.78, 5) is 23.7. The maximum absolute atomic E-state index is 13.5. The molecular formula is C30H30F3N7O. The lowest BCUT2D eigenvalue weighted by atomic mass is 10.0. The number of halogens is 3. The molecule has 5 rings (SSSR count). The van der Waals surface area contributed by atoms with E-state index in [1.165, 1.54) is 18.5 Å². The number of amides is 1. The van der Waals surface area contributed by atoms with Crippen molar-refractivity contribution in [2.75, 3.05) is 31.2 Å². The van der Waals surface area contributed by atoms with Crippen molar-refractivity contribution in [3.63, 3.8) is 0 Å². The highest BCUT2D eigenvalue weighted by molar-refractivity contribution is 6.04. The number of alkyl halides is 3. The molecule has 0 unspecified atom stereocenters. The van der Waals surface area contributed by atoms with E-state index in [0.29, 0.717) is 33.8 Å². The molecule has 2 aromatic heterocycles. The van der Waals surface area contributed by atoms with Crippen LogP contribution in [0.2, 0.25) is 0 Å². The van der Waals surface area contributed by atoms with Gasteiger partial charge in [0.25, 0.3) is 5.91 Å². The van der Waals surface area contributed by atoms with Gasteiger partial charge >= 0.3 is 6.18 Å². The van der Waals surface area contributed by atoms with Crippen LogP contribution < -0.4 is 11.1 Å². The van der Waals surface area contributed by atoms with Crippen LogP contribution in [0.1, 0.15) is 64.1 Å². The minimum absolute atomic E-state index is 0.0795. The third-order valence-electron chi connectivity index (χ3n) is 7.42. The fourth-order valence-electron chi connectivity index (χ4n) is 5.03. The summed E-state index contributed by atoms with van der Waals surface area (Å²) in [5.74, 6) is 5.89. The topological polar surface area (TPSA) is 102 Å². The van der Waals surface area contributed by atoms with E-state index in [1.807, 2.05) is 11.6 Å². The Hall–Kier alpha value is -4.43. The van der Waals surface area contributed by atoms with Gasteiger partial charge in [0.15, 0.2) is 5.65 Å². The van der Waals surface area contributed by atoms with Crippen LogP contribution in [0.5, 0.6) is 0 Å². The number of anilines is 2. The zero-order valence-electron chi connectivity index (χ0n) is 23.0. The second-order valence-corrected chi connectivity index (χ2v) is 10.2. The minimum Gasteiger partial charge on any atom is -0.383 e. The Labute approximate surface area is 235 Å². The van der Waals surface area contributed by atoms with Gasteiger partial charge in [-0.3, -0.25) is 4.79 Å². The summed E-state index contributed by atoms with van der Waals surface area (Å²) in [6, 6.07) is 8.95. The van der Waals surface area contributed by atoms with Crippen molar-refractivity contribution in [1.29, 1.82) is 0 Å². The molecule has 8 nitrogen and oxygen atoms in total. The number of rotatable bonds is 4. The van der Waals surface area contributed by atoms with Crippen LogP contribution in [-0.2, 0) is 12.6 Å². The van der Waals surface area contributed by atoms with E-state index in [1.54, 1.807) is 25.1 Å². The molecule has 41 heavy (non-hydrogen) atoms. The summed E-state index contributed by atoms with van der Waals surface area (Å²) >= 11 is 0. The van der Waals surface area contributed by atoms with E-state index in [4.69, 9.17) is 10.8 Å². The number of benzene rings is 2. The number of nitrogen functional groups attached to an aromatic ring is 1. The maximum Gasteiger partial charge on any atom is 0.416 e. The van der Waals surface area contributed by atoms with E-state index in [0.717, 1.165) is 37.6 Å². The van der Waals surface area contributed by atoms with Gasteiger partial charge in [0, 0.05) is 16.8 Å². The van der Waals surface area contributed by atoms with E-state index >= 15 is 0 Å². The summed E-state index contributed by atoms with van der Waals surface area (Å²) in [6.07, 6.45) is -1.06. The highest BCUT2D eigenvalue weighted by Crippen LogP contribution is 2.33.